The standard InChI is InChI=1S/C14H26N2O2/c1-13(2,3)18-12(17)16-14(10-7-11-15)8-5-4-6-9-14/h7,10H,4-6,8-9,11,15H2,1-3H3,(H,16,17)/b10-7+. The van der Waals surface area contributed by atoms with Gasteiger partial charge >= 0.3 is 6.09 Å². The molecule has 4 nitrogen and oxygen atoms in total. The van der Waals surface area contributed by atoms with Gasteiger partial charge in [0.1, 0.15) is 5.60 Å². The van der Waals surface area contributed by atoms with E-state index in [0.717, 1.165) is 25.7 Å². The number of rotatable bonds is 3. The number of alkyl carbamates (subject to hydrolysis) is 1. The average Bonchev–Trinajstić information content (AvgIpc) is 2.25. The molecule has 0 heterocycles. The monoisotopic (exact) mass is 254 g/mol. The Balaban J connectivity index is 2.66. The first-order valence-corrected chi connectivity index (χ1v) is 6.76. The molecule has 4 heteroatoms. The quantitative estimate of drug-likeness (QED) is 0.761. The van der Waals surface area contributed by atoms with E-state index in [0.29, 0.717) is 6.54 Å². The summed E-state index contributed by atoms with van der Waals surface area (Å²) in [4.78, 5) is 11.9. The molecule has 0 aromatic heterocycles. The number of hydrogen-bond acceptors (Lipinski definition) is 3. The van der Waals surface area contributed by atoms with Gasteiger partial charge in [-0.15, -0.1) is 0 Å². The fraction of sp³-hybridized carbons (Fsp3) is 0.786. The lowest BCUT2D eigenvalue weighted by molar-refractivity contribution is 0.0457. The summed E-state index contributed by atoms with van der Waals surface area (Å²) in [7, 11) is 0. The highest BCUT2D eigenvalue weighted by Gasteiger charge is 2.32. The highest BCUT2D eigenvalue weighted by Crippen LogP contribution is 2.29. The van der Waals surface area contributed by atoms with Crippen molar-refractivity contribution >= 4 is 6.09 Å². The fourth-order valence-corrected chi connectivity index (χ4v) is 2.32. The summed E-state index contributed by atoms with van der Waals surface area (Å²) in [5.41, 5.74) is 4.78. The highest BCUT2D eigenvalue weighted by atomic mass is 16.6. The van der Waals surface area contributed by atoms with Gasteiger partial charge in [0.25, 0.3) is 0 Å². The van der Waals surface area contributed by atoms with Crippen molar-refractivity contribution in [3.05, 3.63) is 12.2 Å². The van der Waals surface area contributed by atoms with Crippen LogP contribution in [0.4, 0.5) is 4.79 Å². The summed E-state index contributed by atoms with van der Waals surface area (Å²) >= 11 is 0. The van der Waals surface area contributed by atoms with Crippen LogP contribution in [0, 0.1) is 0 Å². The minimum Gasteiger partial charge on any atom is -0.444 e. The van der Waals surface area contributed by atoms with Crippen molar-refractivity contribution in [1.29, 1.82) is 0 Å². The van der Waals surface area contributed by atoms with Crippen LogP contribution >= 0.6 is 0 Å². The Morgan fingerprint density at radius 1 is 1.33 bits per heavy atom. The molecule has 0 spiro atoms. The molecule has 1 aliphatic carbocycles. The van der Waals surface area contributed by atoms with Gasteiger partial charge < -0.3 is 15.8 Å². The molecule has 0 atom stereocenters. The molecule has 1 saturated carbocycles. The van der Waals surface area contributed by atoms with Crippen molar-refractivity contribution in [2.45, 2.75) is 64.0 Å². The Bertz CT molecular complexity index is 299. The van der Waals surface area contributed by atoms with E-state index in [2.05, 4.69) is 5.32 Å². The van der Waals surface area contributed by atoms with E-state index >= 15 is 0 Å². The van der Waals surface area contributed by atoms with E-state index in [-0.39, 0.29) is 11.6 Å². The van der Waals surface area contributed by atoms with Crippen LogP contribution in [0.3, 0.4) is 0 Å². The number of nitrogens with two attached hydrogens (primary N) is 1. The minimum atomic E-state index is -0.461. The second kappa shape index (κ2) is 6.23. The van der Waals surface area contributed by atoms with Gasteiger partial charge in [-0.1, -0.05) is 31.4 Å². The summed E-state index contributed by atoms with van der Waals surface area (Å²) in [5, 5.41) is 3.02. The Morgan fingerprint density at radius 2 is 1.94 bits per heavy atom. The van der Waals surface area contributed by atoms with E-state index < -0.39 is 5.60 Å². The normalized spacial score (nSPS) is 19.8. The van der Waals surface area contributed by atoms with Crippen molar-refractivity contribution in [1.82, 2.24) is 5.32 Å². The second-order valence-corrected chi connectivity index (χ2v) is 5.98. The van der Waals surface area contributed by atoms with Gasteiger partial charge in [0.15, 0.2) is 0 Å². The Hall–Kier alpha value is -1.03. The van der Waals surface area contributed by atoms with Crippen LogP contribution in [-0.2, 0) is 4.74 Å². The molecule has 1 aliphatic rings. The number of carbonyl (C=O) groups is 1. The van der Waals surface area contributed by atoms with Gasteiger partial charge in [-0.25, -0.2) is 4.79 Å². The molecule has 1 fully saturated rings. The van der Waals surface area contributed by atoms with Gasteiger partial charge in [0, 0.05) is 6.54 Å². The zero-order valence-corrected chi connectivity index (χ0v) is 11.8. The number of carbonyl (C=O) groups excluding carboxylic acids is 1. The third-order valence-corrected chi connectivity index (χ3v) is 3.07. The molecule has 1 amide bonds. The molecule has 0 bridgehead atoms. The Kier molecular flexibility index (Phi) is 5.20. The first kappa shape index (κ1) is 15.0. The van der Waals surface area contributed by atoms with E-state index in [4.69, 9.17) is 10.5 Å². The third kappa shape index (κ3) is 5.08. The van der Waals surface area contributed by atoms with Crippen molar-refractivity contribution in [2.24, 2.45) is 5.73 Å². The molecule has 0 aromatic carbocycles. The van der Waals surface area contributed by atoms with Crippen LogP contribution in [0.25, 0.3) is 0 Å². The molecule has 104 valence electrons. The number of ether oxygens (including phenoxy) is 1. The largest absolute Gasteiger partial charge is 0.444 e. The summed E-state index contributed by atoms with van der Waals surface area (Å²) in [6.45, 7) is 6.11. The summed E-state index contributed by atoms with van der Waals surface area (Å²) in [6.07, 6.45) is 9.03. The predicted molar refractivity (Wildman–Crippen MR) is 73.4 cm³/mol. The van der Waals surface area contributed by atoms with Crippen LogP contribution in [-0.4, -0.2) is 23.8 Å². The first-order chi connectivity index (χ1) is 8.37. The smallest absolute Gasteiger partial charge is 0.408 e. The molecule has 0 radical (unpaired) electrons. The zero-order valence-electron chi connectivity index (χ0n) is 11.8. The third-order valence-electron chi connectivity index (χ3n) is 3.07. The van der Waals surface area contributed by atoms with Crippen LogP contribution < -0.4 is 11.1 Å². The van der Waals surface area contributed by atoms with E-state index in [1.54, 1.807) is 0 Å². The number of amides is 1. The Labute approximate surface area is 110 Å². The van der Waals surface area contributed by atoms with Crippen molar-refractivity contribution < 1.29 is 9.53 Å². The van der Waals surface area contributed by atoms with Gasteiger partial charge in [0.05, 0.1) is 5.54 Å². The average molecular weight is 254 g/mol. The maximum atomic E-state index is 11.9. The molecular formula is C14H26N2O2. The zero-order chi connectivity index (χ0) is 13.6. The molecule has 0 unspecified atom stereocenters. The lowest BCUT2D eigenvalue weighted by Crippen LogP contribution is -2.50. The van der Waals surface area contributed by atoms with Gasteiger partial charge in [-0.2, -0.15) is 0 Å². The van der Waals surface area contributed by atoms with Crippen molar-refractivity contribution in [3.63, 3.8) is 0 Å². The maximum Gasteiger partial charge on any atom is 0.408 e. The van der Waals surface area contributed by atoms with Crippen LogP contribution in [0.2, 0.25) is 0 Å². The van der Waals surface area contributed by atoms with Crippen LogP contribution in [0.1, 0.15) is 52.9 Å². The van der Waals surface area contributed by atoms with Crippen molar-refractivity contribution in [3.8, 4) is 0 Å². The van der Waals surface area contributed by atoms with Crippen molar-refractivity contribution in [2.75, 3.05) is 6.54 Å². The molecule has 3 N–H and O–H groups in total. The lowest BCUT2D eigenvalue weighted by Gasteiger charge is -2.36. The van der Waals surface area contributed by atoms with Gasteiger partial charge in [-0.3, -0.25) is 0 Å². The Morgan fingerprint density at radius 3 is 2.44 bits per heavy atom. The molecular weight excluding hydrogens is 228 g/mol. The topological polar surface area (TPSA) is 64.3 Å². The lowest BCUT2D eigenvalue weighted by atomic mass is 9.81. The number of nitrogens with one attached hydrogen (secondary N) is 1. The molecule has 1 rings (SSSR count). The minimum absolute atomic E-state index is 0.264. The summed E-state index contributed by atoms with van der Waals surface area (Å²) < 4.78 is 5.33. The van der Waals surface area contributed by atoms with Gasteiger partial charge in [-0.05, 0) is 33.6 Å². The summed E-state index contributed by atoms with van der Waals surface area (Å²) in [6, 6.07) is 0. The van der Waals surface area contributed by atoms with E-state index in [1.807, 2.05) is 32.9 Å². The molecule has 0 saturated heterocycles. The van der Waals surface area contributed by atoms with Gasteiger partial charge in [0.2, 0.25) is 0 Å². The SMILES string of the molecule is CC(C)(C)OC(=O)NC1(/C=C/CN)CCCCC1. The second-order valence-electron chi connectivity index (χ2n) is 5.98. The maximum absolute atomic E-state index is 11.9. The molecule has 0 aliphatic heterocycles. The highest BCUT2D eigenvalue weighted by molar-refractivity contribution is 5.69. The molecule has 18 heavy (non-hydrogen) atoms. The fourth-order valence-electron chi connectivity index (χ4n) is 2.32. The van der Waals surface area contributed by atoms with E-state index in [9.17, 15) is 4.79 Å². The molecule has 0 aromatic rings. The number of hydrogen-bond donors (Lipinski definition) is 2. The first-order valence-electron chi connectivity index (χ1n) is 6.76. The summed E-state index contributed by atoms with van der Waals surface area (Å²) in [5.74, 6) is 0. The van der Waals surface area contributed by atoms with Crippen LogP contribution in [0.5, 0.6) is 0 Å². The van der Waals surface area contributed by atoms with Crippen LogP contribution in [0.15, 0.2) is 12.2 Å². The predicted octanol–water partition coefficient (Wildman–Crippen LogP) is 2.73. The van der Waals surface area contributed by atoms with E-state index in [1.165, 1.54) is 6.42 Å².